The minimum absolute atomic E-state index is 0.00567. The number of carbonyl (C=O) groups excluding carboxylic acids is 1. The molecule has 3 nitrogen and oxygen atoms in total. The first kappa shape index (κ1) is 14.1. The Bertz CT molecular complexity index is 591. The third-order valence-corrected chi connectivity index (χ3v) is 3.47. The Morgan fingerprint density at radius 2 is 1.80 bits per heavy atom. The Balaban J connectivity index is 2.05. The highest BCUT2D eigenvalue weighted by atomic mass is 16.2. The summed E-state index contributed by atoms with van der Waals surface area (Å²) < 4.78 is 0. The molecule has 0 saturated heterocycles. The molecular weight excluding hydrogens is 248 g/mol. The number of nitrogen functional groups attached to an aromatic ring is 1. The number of carbonyl (C=O) groups is 1. The lowest BCUT2D eigenvalue weighted by molar-refractivity contribution is -0.125. The van der Waals surface area contributed by atoms with Crippen LogP contribution < -0.4 is 11.1 Å². The van der Waals surface area contributed by atoms with Crippen LogP contribution in [0.3, 0.4) is 0 Å². The molecule has 0 aromatic heterocycles. The molecule has 0 spiro atoms. The number of nitrogens with two attached hydrogens (primary N) is 1. The number of benzene rings is 2. The van der Waals surface area contributed by atoms with Crippen molar-refractivity contribution in [2.24, 2.45) is 0 Å². The van der Waals surface area contributed by atoms with Gasteiger partial charge in [0.05, 0.1) is 5.41 Å². The fourth-order valence-corrected chi connectivity index (χ4v) is 2.09. The molecule has 1 amide bonds. The Labute approximate surface area is 119 Å². The van der Waals surface area contributed by atoms with Gasteiger partial charge in [0.1, 0.15) is 0 Å². The number of amides is 1. The van der Waals surface area contributed by atoms with Gasteiger partial charge in [-0.15, -0.1) is 0 Å². The average molecular weight is 268 g/mol. The third-order valence-electron chi connectivity index (χ3n) is 3.47. The van der Waals surface area contributed by atoms with E-state index in [9.17, 15) is 4.79 Å². The maximum Gasteiger partial charge on any atom is 0.230 e. The lowest BCUT2D eigenvalue weighted by atomic mass is 9.84. The molecule has 20 heavy (non-hydrogen) atoms. The van der Waals surface area contributed by atoms with Crippen LogP contribution in [0.25, 0.3) is 0 Å². The summed E-state index contributed by atoms with van der Waals surface area (Å²) in [4.78, 5) is 12.4. The van der Waals surface area contributed by atoms with Crippen molar-refractivity contribution < 1.29 is 4.79 Å². The van der Waals surface area contributed by atoms with Crippen molar-refractivity contribution in [2.75, 3.05) is 5.73 Å². The van der Waals surface area contributed by atoms with Crippen LogP contribution >= 0.6 is 0 Å². The van der Waals surface area contributed by atoms with Crippen molar-refractivity contribution >= 4 is 11.6 Å². The van der Waals surface area contributed by atoms with E-state index in [1.165, 1.54) is 0 Å². The van der Waals surface area contributed by atoms with E-state index in [2.05, 4.69) is 5.32 Å². The average Bonchev–Trinajstić information content (AvgIpc) is 2.45. The summed E-state index contributed by atoms with van der Waals surface area (Å²) in [5.74, 6) is 0.00567. The van der Waals surface area contributed by atoms with E-state index in [1.807, 2.05) is 68.4 Å². The number of hydrogen-bond donors (Lipinski definition) is 2. The van der Waals surface area contributed by atoms with Crippen LogP contribution in [-0.4, -0.2) is 5.91 Å². The van der Waals surface area contributed by atoms with Gasteiger partial charge in [0.25, 0.3) is 0 Å². The quantitative estimate of drug-likeness (QED) is 0.838. The van der Waals surface area contributed by atoms with Crippen molar-refractivity contribution in [2.45, 2.75) is 25.8 Å². The summed E-state index contributed by atoms with van der Waals surface area (Å²) in [5, 5.41) is 2.97. The van der Waals surface area contributed by atoms with Gasteiger partial charge in [-0.2, -0.15) is 0 Å². The van der Waals surface area contributed by atoms with Gasteiger partial charge in [-0.05, 0) is 37.1 Å². The van der Waals surface area contributed by atoms with Crippen molar-refractivity contribution in [3.63, 3.8) is 0 Å². The second-order valence-corrected chi connectivity index (χ2v) is 5.42. The number of rotatable bonds is 4. The molecule has 104 valence electrons. The second-order valence-electron chi connectivity index (χ2n) is 5.42. The summed E-state index contributed by atoms with van der Waals surface area (Å²) in [5.41, 5.74) is 7.89. The van der Waals surface area contributed by atoms with E-state index in [1.54, 1.807) is 0 Å². The van der Waals surface area contributed by atoms with Crippen LogP contribution in [0.5, 0.6) is 0 Å². The summed E-state index contributed by atoms with van der Waals surface area (Å²) in [6.45, 7) is 4.34. The fraction of sp³-hybridized carbons (Fsp3) is 0.235. The Morgan fingerprint density at radius 1 is 1.10 bits per heavy atom. The van der Waals surface area contributed by atoms with Crippen LogP contribution in [0, 0.1) is 0 Å². The smallest absolute Gasteiger partial charge is 0.230 e. The first-order chi connectivity index (χ1) is 9.50. The van der Waals surface area contributed by atoms with Crippen LogP contribution in [-0.2, 0) is 16.8 Å². The van der Waals surface area contributed by atoms with Crippen LogP contribution in [0.2, 0.25) is 0 Å². The van der Waals surface area contributed by atoms with E-state index >= 15 is 0 Å². The molecule has 0 unspecified atom stereocenters. The second kappa shape index (κ2) is 5.78. The predicted octanol–water partition coefficient (Wildman–Crippen LogP) is 2.86. The molecule has 3 heteroatoms. The van der Waals surface area contributed by atoms with Gasteiger partial charge < -0.3 is 11.1 Å². The molecule has 2 rings (SSSR count). The topological polar surface area (TPSA) is 55.1 Å². The van der Waals surface area contributed by atoms with Crippen molar-refractivity contribution in [3.8, 4) is 0 Å². The highest BCUT2D eigenvalue weighted by Gasteiger charge is 2.29. The highest BCUT2D eigenvalue weighted by molar-refractivity contribution is 5.87. The molecule has 0 fully saturated rings. The van der Waals surface area contributed by atoms with Gasteiger partial charge in [0.2, 0.25) is 5.91 Å². The van der Waals surface area contributed by atoms with E-state index in [4.69, 9.17) is 5.73 Å². The molecule has 2 aromatic rings. The first-order valence-corrected chi connectivity index (χ1v) is 6.68. The maximum absolute atomic E-state index is 12.4. The van der Waals surface area contributed by atoms with E-state index < -0.39 is 5.41 Å². The highest BCUT2D eigenvalue weighted by Crippen LogP contribution is 2.23. The normalized spacial score (nSPS) is 11.1. The van der Waals surface area contributed by atoms with Crippen molar-refractivity contribution in [1.29, 1.82) is 0 Å². The van der Waals surface area contributed by atoms with Gasteiger partial charge in [0, 0.05) is 12.2 Å². The zero-order chi connectivity index (χ0) is 14.6. The molecule has 0 heterocycles. The summed E-state index contributed by atoms with van der Waals surface area (Å²) >= 11 is 0. The van der Waals surface area contributed by atoms with Crippen molar-refractivity contribution in [3.05, 3.63) is 65.7 Å². The molecule has 0 aliphatic carbocycles. The Hall–Kier alpha value is -2.29. The summed E-state index contributed by atoms with van der Waals surface area (Å²) in [6.07, 6.45) is 0. The molecule has 0 saturated carbocycles. The molecule has 0 radical (unpaired) electrons. The van der Waals surface area contributed by atoms with E-state index in [0.717, 1.165) is 11.1 Å². The first-order valence-electron chi connectivity index (χ1n) is 6.68. The summed E-state index contributed by atoms with van der Waals surface area (Å²) in [7, 11) is 0. The largest absolute Gasteiger partial charge is 0.399 e. The monoisotopic (exact) mass is 268 g/mol. The lowest BCUT2D eigenvalue weighted by Crippen LogP contribution is -2.39. The van der Waals surface area contributed by atoms with Gasteiger partial charge in [-0.1, -0.05) is 42.5 Å². The lowest BCUT2D eigenvalue weighted by Gasteiger charge is -2.24. The van der Waals surface area contributed by atoms with Crippen LogP contribution in [0.15, 0.2) is 54.6 Å². The van der Waals surface area contributed by atoms with Gasteiger partial charge >= 0.3 is 0 Å². The molecule has 2 aromatic carbocycles. The zero-order valence-corrected chi connectivity index (χ0v) is 11.9. The number of hydrogen-bond acceptors (Lipinski definition) is 2. The SMILES string of the molecule is CC(C)(C(=O)NCc1cccc(N)c1)c1ccccc1. The molecule has 3 N–H and O–H groups in total. The maximum atomic E-state index is 12.4. The standard InChI is InChI=1S/C17H20N2O/c1-17(2,14-8-4-3-5-9-14)16(20)19-12-13-7-6-10-15(18)11-13/h3-11H,12,18H2,1-2H3,(H,19,20). The molecule has 0 aliphatic rings. The minimum Gasteiger partial charge on any atom is -0.399 e. The number of anilines is 1. The predicted molar refractivity (Wildman–Crippen MR) is 82.2 cm³/mol. The Kier molecular flexibility index (Phi) is 4.08. The molecule has 0 atom stereocenters. The van der Waals surface area contributed by atoms with Crippen LogP contribution in [0.1, 0.15) is 25.0 Å². The van der Waals surface area contributed by atoms with Gasteiger partial charge in [-0.25, -0.2) is 0 Å². The molecule has 0 aliphatic heterocycles. The zero-order valence-electron chi connectivity index (χ0n) is 11.9. The van der Waals surface area contributed by atoms with Gasteiger partial charge in [-0.3, -0.25) is 4.79 Å². The summed E-state index contributed by atoms with van der Waals surface area (Å²) in [6, 6.07) is 17.3. The van der Waals surface area contributed by atoms with E-state index in [-0.39, 0.29) is 5.91 Å². The third kappa shape index (κ3) is 3.18. The molecule has 0 bridgehead atoms. The van der Waals surface area contributed by atoms with E-state index in [0.29, 0.717) is 12.2 Å². The van der Waals surface area contributed by atoms with Gasteiger partial charge in [0.15, 0.2) is 0 Å². The van der Waals surface area contributed by atoms with Crippen molar-refractivity contribution in [1.82, 2.24) is 5.32 Å². The fourth-order valence-electron chi connectivity index (χ4n) is 2.09. The number of nitrogens with one attached hydrogen (secondary N) is 1. The van der Waals surface area contributed by atoms with Crippen LogP contribution in [0.4, 0.5) is 5.69 Å². The molecular formula is C17H20N2O. The Morgan fingerprint density at radius 3 is 2.45 bits per heavy atom. The minimum atomic E-state index is -0.554.